The number of aromatic nitrogens is 1. The van der Waals surface area contributed by atoms with Crippen LogP contribution >= 0.6 is 0 Å². The van der Waals surface area contributed by atoms with Gasteiger partial charge >= 0.3 is 0 Å². The van der Waals surface area contributed by atoms with Crippen LogP contribution in [0.25, 0.3) is 10.9 Å². The molecular weight excluding hydrogens is 457 g/mol. The van der Waals surface area contributed by atoms with Crippen molar-refractivity contribution in [1.82, 2.24) is 9.88 Å². The van der Waals surface area contributed by atoms with E-state index >= 15 is 0 Å². The highest BCUT2D eigenvalue weighted by Gasteiger charge is 2.24. The van der Waals surface area contributed by atoms with Gasteiger partial charge in [0, 0.05) is 54.7 Å². The number of amides is 1. The molecule has 0 saturated carbocycles. The Morgan fingerprint density at radius 3 is 2.58 bits per heavy atom. The fraction of sp³-hybridized carbons (Fsp3) is 0.276. The van der Waals surface area contributed by atoms with E-state index in [1.54, 1.807) is 24.3 Å². The van der Waals surface area contributed by atoms with Crippen molar-refractivity contribution in [2.45, 2.75) is 45.1 Å². The molecule has 7 heteroatoms. The first-order chi connectivity index (χ1) is 17.5. The average molecular weight is 488 g/mol. The van der Waals surface area contributed by atoms with Gasteiger partial charge in [-0.1, -0.05) is 62.2 Å². The topological polar surface area (TPSA) is 77.2 Å². The smallest absolute Gasteiger partial charge is 0.270 e. The average Bonchev–Trinajstić information content (AvgIpc) is 3.23. The minimum Gasteiger partial charge on any atom is -0.356 e. The van der Waals surface area contributed by atoms with Gasteiger partial charge < -0.3 is 9.88 Å². The molecule has 1 amide bonds. The van der Waals surface area contributed by atoms with E-state index in [9.17, 15) is 19.3 Å². The maximum Gasteiger partial charge on any atom is 0.270 e. The number of nitrogens with one attached hydrogen (secondary N) is 1. The molecule has 1 atom stereocenters. The van der Waals surface area contributed by atoms with Crippen molar-refractivity contribution in [1.29, 1.82) is 0 Å². The Morgan fingerprint density at radius 1 is 1.06 bits per heavy atom. The maximum atomic E-state index is 14.2. The molecule has 1 unspecified atom stereocenters. The fourth-order valence-corrected chi connectivity index (χ4v) is 4.61. The van der Waals surface area contributed by atoms with Crippen LogP contribution in [0.3, 0.4) is 0 Å². The number of hydrogen-bond donors (Lipinski definition) is 1. The van der Waals surface area contributed by atoms with Crippen LogP contribution in [0.5, 0.6) is 0 Å². The second-order valence-electron chi connectivity index (χ2n) is 9.03. The number of halogens is 1. The summed E-state index contributed by atoms with van der Waals surface area (Å²) >= 11 is 0. The van der Waals surface area contributed by atoms with E-state index in [4.69, 9.17) is 0 Å². The molecule has 1 N–H and O–H groups in total. The number of benzene rings is 3. The summed E-state index contributed by atoms with van der Waals surface area (Å²) in [6.07, 6.45) is 5.05. The summed E-state index contributed by atoms with van der Waals surface area (Å²) in [6.45, 7) is 3.25. The Balaban J connectivity index is 1.79. The van der Waals surface area contributed by atoms with Gasteiger partial charge in [-0.3, -0.25) is 14.9 Å². The zero-order valence-electron chi connectivity index (χ0n) is 20.3. The zero-order valence-corrected chi connectivity index (χ0v) is 20.3. The number of nitrogens with zero attached hydrogens (tertiary/aromatic N) is 2. The molecule has 0 spiro atoms. The number of hydrogen-bond acceptors (Lipinski definition) is 3. The van der Waals surface area contributed by atoms with Gasteiger partial charge in [-0.25, -0.2) is 4.39 Å². The maximum absolute atomic E-state index is 14.2. The Bertz CT molecular complexity index is 1350. The molecule has 4 aromatic rings. The third kappa shape index (κ3) is 5.97. The normalized spacial score (nSPS) is 11.9. The highest BCUT2D eigenvalue weighted by atomic mass is 19.1. The van der Waals surface area contributed by atoms with Crippen LogP contribution in [0.2, 0.25) is 0 Å². The van der Waals surface area contributed by atoms with Gasteiger partial charge in [0.1, 0.15) is 5.82 Å². The molecule has 0 aliphatic rings. The van der Waals surface area contributed by atoms with Crippen LogP contribution in [0, 0.1) is 15.9 Å². The molecule has 0 saturated heterocycles. The second kappa shape index (κ2) is 11.6. The van der Waals surface area contributed by atoms with Gasteiger partial charge in [-0.2, -0.15) is 0 Å². The predicted octanol–water partition coefficient (Wildman–Crippen LogP) is 6.57. The van der Waals surface area contributed by atoms with E-state index in [0.717, 1.165) is 35.9 Å². The number of nitro benzene ring substituents is 1. The van der Waals surface area contributed by atoms with Crippen molar-refractivity contribution < 1.29 is 14.1 Å². The lowest BCUT2D eigenvalue weighted by molar-refractivity contribution is -0.384. The number of carbonyl (C=O) groups is 1. The Hall–Kier alpha value is -4.00. The van der Waals surface area contributed by atoms with Crippen LogP contribution < -0.4 is 5.32 Å². The molecule has 1 aromatic heterocycles. The summed E-state index contributed by atoms with van der Waals surface area (Å²) in [6, 6.07) is 20.9. The van der Waals surface area contributed by atoms with Crippen LogP contribution in [-0.4, -0.2) is 21.9 Å². The molecule has 0 aliphatic heterocycles. The number of rotatable bonds is 11. The van der Waals surface area contributed by atoms with Crippen molar-refractivity contribution >= 4 is 22.5 Å². The molecular formula is C29H30FN3O3. The van der Waals surface area contributed by atoms with E-state index in [1.807, 2.05) is 41.1 Å². The standard InChI is InChI=1S/C29H30FN3O3/c1-2-3-7-15-31-29(34)18-25(22-11-8-12-23(30)16-22)27-20-32(19-21-9-5-4-6-10-21)28-14-13-24(33(35)36)17-26(27)28/h4-6,8-14,16-17,20,25H,2-3,7,15,18-19H2,1H3,(H,31,34). The summed E-state index contributed by atoms with van der Waals surface area (Å²) in [5.41, 5.74) is 3.30. The van der Waals surface area contributed by atoms with Gasteiger partial charge in [0.25, 0.3) is 5.69 Å². The molecule has 0 radical (unpaired) electrons. The predicted molar refractivity (Wildman–Crippen MR) is 140 cm³/mol. The van der Waals surface area contributed by atoms with Crippen molar-refractivity contribution in [2.75, 3.05) is 6.54 Å². The SMILES string of the molecule is CCCCCNC(=O)CC(c1cccc(F)c1)c1cn(Cc2ccccc2)c2ccc([N+](=O)[O-])cc12. The number of fused-ring (bicyclic) bond motifs is 1. The third-order valence-corrected chi connectivity index (χ3v) is 6.42. The van der Waals surface area contributed by atoms with Gasteiger partial charge in [0.2, 0.25) is 5.91 Å². The first-order valence-electron chi connectivity index (χ1n) is 12.3. The summed E-state index contributed by atoms with van der Waals surface area (Å²) < 4.78 is 16.3. The van der Waals surface area contributed by atoms with Crippen LogP contribution in [0.1, 0.15) is 55.2 Å². The third-order valence-electron chi connectivity index (χ3n) is 6.42. The van der Waals surface area contributed by atoms with Gasteiger partial charge in [-0.15, -0.1) is 0 Å². The molecule has 186 valence electrons. The number of nitro groups is 1. The van der Waals surface area contributed by atoms with E-state index in [0.29, 0.717) is 24.0 Å². The van der Waals surface area contributed by atoms with Gasteiger partial charge in [0.05, 0.1) is 4.92 Å². The lowest BCUT2D eigenvalue weighted by Crippen LogP contribution is -2.26. The lowest BCUT2D eigenvalue weighted by Gasteiger charge is -2.17. The van der Waals surface area contributed by atoms with Crippen LogP contribution in [0.4, 0.5) is 10.1 Å². The van der Waals surface area contributed by atoms with Crippen molar-refractivity contribution in [3.8, 4) is 0 Å². The number of carbonyl (C=O) groups excluding carboxylic acids is 1. The Kier molecular flexibility index (Phi) is 8.10. The molecule has 3 aromatic carbocycles. The molecule has 6 nitrogen and oxygen atoms in total. The highest BCUT2D eigenvalue weighted by Crippen LogP contribution is 2.37. The van der Waals surface area contributed by atoms with E-state index in [-0.39, 0.29) is 23.8 Å². The van der Waals surface area contributed by atoms with Crippen LogP contribution in [-0.2, 0) is 11.3 Å². The summed E-state index contributed by atoms with van der Waals surface area (Å²) in [4.78, 5) is 24.1. The van der Waals surface area contributed by atoms with Crippen LogP contribution in [0.15, 0.2) is 79.0 Å². The monoisotopic (exact) mass is 487 g/mol. The van der Waals surface area contributed by atoms with E-state index in [1.165, 1.54) is 18.2 Å². The number of non-ortho nitro benzene ring substituents is 1. The summed E-state index contributed by atoms with van der Waals surface area (Å²) in [5, 5.41) is 15.2. The molecule has 36 heavy (non-hydrogen) atoms. The first-order valence-corrected chi connectivity index (χ1v) is 12.3. The van der Waals surface area contributed by atoms with Gasteiger partial charge in [0.15, 0.2) is 0 Å². The molecule has 0 aliphatic carbocycles. The Morgan fingerprint density at radius 2 is 1.86 bits per heavy atom. The van der Waals surface area contributed by atoms with E-state index < -0.39 is 10.8 Å². The molecule has 0 bridgehead atoms. The van der Waals surface area contributed by atoms with Gasteiger partial charge in [-0.05, 0) is 41.3 Å². The quantitative estimate of drug-likeness (QED) is 0.148. The van der Waals surface area contributed by atoms with E-state index in [2.05, 4.69) is 12.2 Å². The molecule has 1 heterocycles. The highest BCUT2D eigenvalue weighted by molar-refractivity contribution is 5.88. The second-order valence-corrected chi connectivity index (χ2v) is 9.03. The Labute approximate surface area is 209 Å². The molecule has 4 rings (SSSR count). The zero-order chi connectivity index (χ0) is 25.5. The molecule has 0 fully saturated rings. The minimum absolute atomic E-state index is 0.0248. The van der Waals surface area contributed by atoms with Crippen molar-refractivity contribution in [3.63, 3.8) is 0 Å². The number of unbranched alkanes of at least 4 members (excludes halogenated alkanes) is 2. The lowest BCUT2D eigenvalue weighted by atomic mass is 9.88. The summed E-state index contributed by atoms with van der Waals surface area (Å²) in [5.74, 6) is -0.983. The summed E-state index contributed by atoms with van der Waals surface area (Å²) in [7, 11) is 0. The van der Waals surface area contributed by atoms with Crippen molar-refractivity contribution in [2.24, 2.45) is 0 Å². The first kappa shape index (κ1) is 25.1. The largest absolute Gasteiger partial charge is 0.356 e. The van der Waals surface area contributed by atoms with Crippen molar-refractivity contribution in [3.05, 3.63) is 112 Å². The fourth-order valence-electron chi connectivity index (χ4n) is 4.61. The minimum atomic E-state index is -0.464.